The van der Waals surface area contributed by atoms with Gasteiger partial charge in [0.2, 0.25) is 5.91 Å². The second-order valence-electron chi connectivity index (χ2n) is 6.87. The van der Waals surface area contributed by atoms with Crippen molar-refractivity contribution < 1.29 is 27.4 Å². The molecule has 1 amide bonds. The Balaban J connectivity index is 1.50. The van der Waals surface area contributed by atoms with Crippen molar-refractivity contribution in [2.24, 2.45) is 17.8 Å². The summed E-state index contributed by atoms with van der Waals surface area (Å²) in [5, 5.41) is 0. The molecule has 0 spiro atoms. The van der Waals surface area contributed by atoms with Crippen LogP contribution in [0.5, 0.6) is 0 Å². The van der Waals surface area contributed by atoms with E-state index in [4.69, 9.17) is 9.47 Å². The first-order valence-corrected chi connectivity index (χ1v) is 8.54. The molecule has 7 heteroatoms. The zero-order valence-corrected chi connectivity index (χ0v) is 13.2. The summed E-state index contributed by atoms with van der Waals surface area (Å²) in [5.41, 5.74) is 0. The summed E-state index contributed by atoms with van der Waals surface area (Å²) in [6.07, 6.45) is -1.57. The molecule has 2 atom stereocenters. The molecule has 3 rings (SSSR count). The summed E-state index contributed by atoms with van der Waals surface area (Å²) in [6, 6.07) is 0. The van der Waals surface area contributed by atoms with E-state index in [0.29, 0.717) is 39.1 Å². The first-order valence-electron chi connectivity index (χ1n) is 8.54. The van der Waals surface area contributed by atoms with Crippen LogP contribution in [-0.2, 0) is 14.3 Å². The zero-order chi connectivity index (χ0) is 16.4. The van der Waals surface area contributed by atoms with E-state index in [9.17, 15) is 18.0 Å². The Hall–Kier alpha value is -0.820. The maximum Gasteiger partial charge on any atom is 0.391 e. The van der Waals surface area contributed by atoms with E-state index < -0.39 is 18.0 Å². The summed E-state index contributed by atoms with van der Waals surface area (Å²) < 4.78 is 49.7. The molecule has 0 bridgehead atoms. The number of rotatable bonds is 2. The minimum absolute atomic E-state index is 0.0445. The fourth-order valence-electron chi connectivity index (χ4n) is 4.01. The van der Waals surface area contributed by atoms with Crippen LogP contribution in [0.2, 0.25) is 0 Å². The van der Waals surface area contributed by atoms with Crippen molar-refractivity contribution in [3.05, 3.63) is 0 Å². The van der Waals surface area contributed by atoms with Crippen LogP contribution in [0, 0.1) is 17.8 Å². The van der Waals surface area contributed by atoms with E-state index >= 15 is 0 Å². The Labute approximate surface area is 134 Å². The van der Waals surface area contributed by atoms with Crippen LogP contribution in [0.3, 0.4) is 0 Å². The Morgan fingerprint density at radius 1 is 1.00 bits per heavy atom. The fraction of sp³-hybridized carbons (Fsp3) is 0.938. The van der Waals surface area contributed by atoms with E-state index in [0.717, 1.165) is 12.8 Å². The highest BCUT2D eigenvalue weighted by molar-refractivity contribution is 5.79. The van der Waals surface area contributed by atoms with Crippen LogP contribution in [0.4, 0.5) is 13.2 Å². The lowest BCUT2D eigenvalue weighted by Crippen LogP contribution is -2.45. The lowest BCUT2D eigenvalue weighted by molar-refractivity contribution is -0.187. The molecule has 0 aromatic carbocycles. The van der Waals surface area contributed by atoms with Crippen molar-refractivity contribution >= 4 is 5.91 Å². The number of nitrogens with zero attached hydrogens (tertiary/aromatic N) is 1. The predicted molar refractivity (Wildman–Crippen MR) is 76.5 cm³/mol. The highest BCUT2D eigenvalue weighted by atomic mass is 19.4. The lowest BCUT2D eigenvalue weighted by atomic mass is 9.80. The Kier molecular flexibility index (Phi) is 5.16. The average molecular weight is 335 g/mol. The standard InChI is InChI=1S/C16H24F3NO3/c17-16(18,19)13-3-1-2-12(10-13)14(21)20-6-4-11(5-7-20)15-22-8-9-23-15/h11-13,15H,1-10H2. The van der Waals surface area contributed by atoms with Crippen molar-refractivity contribution in [2.75, 3.05) is 26.3 Å². The van der Waals surface area contributed by atoms with Gasteiger partial charge in [0.1, 0.15) is 0 Å². The summed E-state index contributed by atoms with van der Waals surface area (Å²) in [4.78, 5) is 14.3. The largest absolute Gasteiger partial charge is 0.391 e. The van der Waals surface area contributed by atoms with Gasteiger partial charge < -0.3 is 14.4 Å². The Morgan fingerprint density at radius 2 is 1.65 bits per heavy atom. The van der Waals surface area contributed by atoms with Crippen molar-refractivity contribution in [2.45, 2.75) is 51.0 Å². The maximum absolute atomic E-state index is 12.9. The molecule has 4 nitrogen and oxygen atoms in total. The van der Waals surface area contributed by atoms with E-state index in [1.807, 2.05) is 0 Å². The molecule has 1 saturated carbocycles. The molecule has 1 aliphatic carbocycles. The molecule has 132 valence electrons. The molecular weight excluding hydrogens is 311 g/mol. The van der Waals surface area contributed by atoms with E-state index in [-0.39, 0.29) is 31.0 Å². The summed E-state index contributed by atoms with van der Waals surface area (Å²) >= 11 is 0. The van der Waals surface area contributed by atoms with Gasteiger partial charge in [0.05, 0.1) is 19.1 Å². The van der Waals surface area contributed by atoms with Crippen molar-refractivity contribution in [1.82, 2.24) is 4.90 Å². The van der Waals surface area contributed by atoms with Gasteiger partial charge in [-0.3, -0.25) is 4.79 Å². The van der Waals surface area contributed by atoms with Gasteiger partial charge in [-0.15, -0.1) is 0 Å². The second-order valence-corrected chi connectivity index (χ2v) is 6.87. The highest BCUT2D eigenvalue weighted by Gasteiger charge is 2.44. The van der Waals surface area contributed by atoms with Gasteiger partial charge in [0.15, 0.2) is 6.29 Å². The number of carbonyl (C=O) groups excluding carboxylic acids is 1. The molecule has 0 N–H and O–H groups in total. The smallest absolute Gasteiger partial charge is 0.350 e. The number of likely N-dealkylation sites (tertiary alicyclic amines) is 1. The van der Waals surface area contributed by atoms with Crippen molar-refractivity contribution in [1.29, 1.82) is 0 Å². The van der Waals surface area contributed by atoms with Gasteiger partial charge in [-0.05, 0) is 32.1 Å². The van der Waals surface area contributed by atoms with Gasteiger partial charge in [-0.25, -0.2) is 0 Å². The molecule has 2 unspecified atom stereocenters. The van der Waals surface area contributed by atoms with Crippen LogP contribution >= 0.6 is 0 Å². The number of halogens is 3. The van der Waals surface area contributed by atoms with Gasteiger partial charge >= 0.3 is 6.18 Å². The normalized spacial score (nSPS) is 31.5. The monoisotopic (exact) mass is 335 g/mol. The first-order chi connectivity index (χ1) is 10.9. The van der Waals surface area contributed by atoms with E-state index in [2.05, 4.69) is 0 Å². The second kappa shape index (κ2) is 6.97. The van der Waals surface area contributed by atoms with Gasteiger partial charge in [-0.2, -0.15) is 13.2 Å². The molecule has 2 saturated heterocycles. The minimum atomic E-state index is -4.18. The topological polar surface area (TPSA) is 38.8 Å². The number of alkyl halides is 3. The molecule has 2 aliphatic heterocycles. The minimum Gasteiger partial charge on any atom is -0.350 e. The number of piperidine rings is 1. The molecule has 0 aromatic rings. The molecule has 0 aromatic heterocycles. The molecule has 0 radical (unpaired) electrons. The van der Waals surface area contributed by atoms with Gasteiger partial charge in [0.25, 0.3) is 0 Å². The number of carbonyl (C=O) groups is 1. The van der Waals surface area contributed by atoms with E-state index in [1.165, 1.54) is 0 Å². The maximum atomic E-state index is 12.9. The Morgan fingerprint density at radius 3 is 2.26 bits per heavy atom. The van der Waals surface area contributed by atoms with Crippen LogP contribution in [0.15, 0.2) is 0 Å². The molecular formula is C16H24F3NO3. The quantitative estimate of drug-likeness (QED) is 0.779. The number of amides is 1. The van der Waals surface area contributed by atoms with Crippen LogP contribution < -0.4 is 0 Å². The molecule has 2 heterocycles. The van der Waals surface area contributed by atoms with Crippen LogP contribution in [0.25, 0.3) is 0 Å². The number of hydrogen-bond donors (Lipinski definition) is 0. The van der Waals surface area contributed by atoms with Gasteiger partial charge in [-0.1, -0.05) is 6.42 Å². The third-order valence-corrected chi connectivity index (χ3v) is 5.37. The van der Waals surface area contributed by atoms with Crippen LogP contribution in [-0.4, -0.2) is 49.6 Å². The Bertz CT molecular complexity index is 415. The molecule has 3 aliphatic rings. The third-order valence-electron chi connectivity index (χ3n) is 5.37. The lowest BCUT2D eigenvalue weighted by Gasteiger charge is -2.37. The summed E-state index contributed by atoms with van der Waals surface area (Å²) in [5.74, 6) is -1.59. The van der Waals surface area contributed by atoms with E-state index in [1.54, 1.807) is 4.90 Å². The average Bonchev–Trinajstić information content (AvgIpc) is 3.08. The van der Waals surface area contributed by atoms with Gasteiger partial charge in [0, 0.05) is 24.9 Å². The summed E-state index contributed by atoms with van der Waals surface area (Å²) in [7, 11) is 0. The third kappa shape index (κ3) is 3.99. The highest BCUT2D eigenvalue weighted by Crippen LogP contribution is 2.40. The SMILES string of the molecule is O=C(C1CCCC(C(F)(F)F)C1)N1CCC(C2OCCO2)CC1. The van der Waals surface area contributed by atoms with Crippen molar-refractivity contribution in [3.8, 4) is 0 Å². The number of ether oxygens (including phenoxy) is 2. The zero-order valence-electron chi connectivity index (χ0n) is 13.2. The summed E-state index contributed by atoms with van der Waals surface area (Å²) in [6.45, 7) is 2.43. The predicted octanol–water partition coefficient (Wildman–Crippen LogP) is 2.97. The fourth-order valence-corrected chi connectivity index (χ4v) is 4.01. The van der Waals surface area contributed by atoms with Crippen molar-refractivity contribution in [3.63, 3.8) is 0 Å². The molecule has 23 heavy (non-hydrogen) atoms. The van der Waals surface area contributed by atoms with Crippen LogP contribution in [0.1, 0.15) is 38.5 Å². The first kappa shape index (κ1) is 17.0. The number of hydrogen-bond acceptors (Lipinski definition) is 3. The molecule has 3 fully saturated rings.